The second-order valence-corrected chi connectivity index (χ2v) is 4.84. The molecule has 0 saturated carbocycles. The van der Waals surface area contributed by atoms with E-state index < -0.39 is 0 Å². The molecule has 1 fully saturated rings. The van der Waals surface area contributed by atoms with Crippen LogP contribution in [0.15, 0.2) is 24.3 Å². The fraction of sp³-hybridized carbons (Fsp3) is 0.500. The molecule has 0 bridgehead atoms. The Labute approximate surface area is 113 Å². The van der Waals surface area contributed by atoms with Crippen molar-refractivity contribution in [1.82, 2.24) is 4.90 Å². The largest absolute Gasteiger partial charge is 0.380 e. The molecule has 5 heteroatoms. The molecular weight excluding hydrogens is 242 g/mol. The third kappa shape index (κ3) is 3.76. The molecule has 19 heavy (non-hydrogen) atoms. The number of ether oxygens (including phenoxy) is 1. The van der Waals surface area contributed by atoms with Crippen LogP contribution in [0.5, 0.6) is 0 Å². The van der Waals surface area contributed by atoms with Gasteiger partial charge in [0.2, 0.25) is 5.91 Å². The molecule has 0 spiro atoms. The second kappa shape index (κ2) is 6.65. The molecule has 2 rings (SSSR count). The molecule has 1 aromatic carbocycles. The van der Waals surface area contributed by atoms with Crippen LogP contribution in [0.2, 0.25) is 0 Å². The lowest BCUT2D eigenvalue weighted by molar-refractivity contribution is -0.117. The van der Waals surface area contributed by atoms with Crippen molar-refractivity contribution < 1.29 is 9.53 Å². The van der Waals surface area contributed by atoms with Gasteiger partial charge in [0, 0.05) is 24.9 Å². The summed E-state index contributed by atoms with van der Waals surface area (Å²) in [4.78, 5) is 14.0. The number of carbonyl (C=O) groups is 1. The van der Waals surface area contributed by atoms with E-state index in [4.69, 9.17) is 10.5 Å². The van der Waals surface area contributed by atoms with Crippen molar-refractivity contribution in [1.29, 1.82) is 0 Å². The van der Waals surface area contributed by atoms with Crippen molar-refractivity contribution in [3.05, 3.63) is 29.8 Å². The number of nitrogens with two attached hydrogens (primary N) is 1. The molecule has 0 aliphatic carbocycles. The van der Waals surface area contributed by atoms with Crippen molar-refractivity contribution in [2.24, 2.45) is 5.73 Å². The van der Waals surface area contributed by atoms with E-state index in [1.807, 2.05) is 36.2 Å². The Morgan fingerprint density at radius 2 is 2.32 bits per heavy atom. The van der Waals surface area contributed by atoms with Crippen LogP contribution in [0.3, 0.4) is 0 Å². The topological polar surface area (TPSA) is 67.6 Å². The summed E-state index contributed by atoms with van der Waals surface area (Å²) in [5.41, 5.74) is 7.39. The van der Waals surface area contributed by atoms with Crippen LogP contribution >= 0.6 is 0 Å². The van der Waals surface area contributed by atoms with Gasteiger partial charge in [-0.15, -0.1) is 0 Å². The Hall–Kier alpha value is -1.43. The van der Waals surface area contributed by atoms with Gasteiger partial charge in [-0.05, 0) is 25.1 Å². The van der Waals surface area contributed by atoms with Gasteiger partial charge in [0.1, 0.15) is 0 Å². The minimum atomic E-state index is -0.0182. The molecule has 1 saturated heterocycles. The average Bonchev–Trinajstić information content (AvgIpc) is 2.93. The maximum absolute atomic E-state index is 12.0. The molecule has 1 aliphatic rings. The van der Waals surface area contributed by atoms with Crippen molar-refractivity contribution in [3.63, 3.8) is 0 Å². The number of nitrogens with zero attached hydrogens (tertiary/aromatic N) is 1. The third-order valence-electron chi connectivity index (χ3n) is 3.43. The quantitative estimate of drug-likeness (QED) is 0.825. The van der Waals surface area contributed by atoms with E-state index in [9.17, 15) is 4.79 Å². The Bertz CT molecular complexity index is 430. The zero-order chi connectivity index (χ0) is 13.7. The summed E-state index contributed by atoms with van der Waals surface area (Å²) >= 11 is 0. The fourth-order valence-electron chi connectivity index (χ4n) is 2.24. The molecule has 1 aliphatic heterocycles. The molecule has 1 heterocycles. The summed E-state index contributed by atoms with van der Waals surface area (Å²) in [6, 6.07) is 7.95. The highest BCUT2D eigenvalue weighted by atomic mass is 16.5. The van der Waals surface area contributed by atoms with Gasteiger partial charge in [0.05, 0.1) is 13.2 Å². The first-order chi connectivity index (χ1) is 9.20. The molecule has 1 unspecified atom stereocenters. The van der Waals surface area contributed by atoms with E-state index in [0.29, 0.717) is 25.7 Å². The SMILES string of the molecule is CN(CC(=O)Nc1ccccc1CN)C1CCOC1. The van der Waals surface area contributed by atoms with Crippen molar-refractivity contribution >= 4 is 11.6 Å². The summed E-state index contributed by atoms with van der Waals surface area (Å²) in [6.07, 6.45) is 0.989. The Morgan fingerprint density at radius 3 is 3.00 bits per heavy atom. The second-order valence-electron chi connectivity index (χ2n) is 4.84. The number of para-hydroxylation sites is 1. The van der Waals surface area contributed by atoms with E-state index >= 15 is 0 Å². The van der Waals surface area contributed by atoms with Crippen LogP contribution in [0, 0.1) is 0 Å². The van der Waals surface area contributed by atoms with Crippen LogP contribution in [0.1, 0.15) is 12.0 Å². The molecule has 0 aromatic heterocycles. The minimum Gasteiger partial charge on any atom is -0.380 e. The lowest BCUT2D eigenvalue weighted by Gasteiger charge is -2.22. The van der Waals surface area contributed by atoms with Gasteiger partial charge in [-0.2, -0.15) is 0 Å². The zero-order valence-electron chi connectivity index (χ0n) is 11.3. The van der Waals surface area contributed by atoms with Gasteiger partial charge in [-0.1, -0.05) is 18.2 Å². The van der Waals surface area contributed by atoms with Gasteiger partial charge in [0.25, 0.3) is 0 Å². The number of rotatable bonds is 5. The van der Waals surface area contributed by atoms with Crippen molar-refractivity contribution in [2.75, 3.05) is 32.1 Å². The number of nitrogens with one attached hydrogen (secondary N) is 1. The van der Waals surface area contributed by atoms with Gasteiger partial charge in [-0.25, -0.2) is 0 Å². The number of carbonyl (C=O) groups excluding carboxylic acids is 1. The first kappa shape index (κ1) is 14.0. The van der Waals surface area contributed by atoms with E-state index in [1.54, 1.807) is 0 Å². The first-order valence-corrected chi connectivity index (χ1v) is 6.56. The van der Waals surface area contributed by atoms with Crippen LogP contribution in [-0.2, 0) is 16.1 Å². The fourth-order valence-corrected chi connectivity index (χ4v) is 2.24. The van der Waals surface area contributed by atoms with Crippen LogP contribution in [0.4, 0.5) is 5.69 Å². The number of anilines is 1. The first-order valence-electron chi connectivity index (χ1n) is 6.56. The molecule has 5 nitrogen and oxygen atoms in total. The predicted molar refractivity (Wildman–Crippen MR) is 74.8 cm³/mol. The molecule has 3 N–H and O–H groups in total. The van der Waals surface area contributed by atoms with Gasteiger partial charge < -0.3 is 15.8 Å². The zero-order valence-corrected chi connectivity index (χ0v) is 11.3. The van der Waals surface area contributed by atoms with Crippen LogP contribution < -0.4 is 11.1 Å². The minimum absolute atomic E-state index is 0.0182. The number of likely N-dealkylation sites (N-methyl/N-ethyl adjacent to an activating group) is 1. The summed E-state index contributed by atoms with van der Waals surface area (Å²) in [5.74, 6) is -0.0182. The van der Waals surface area contributed by atoms with E-state index in [0.717, 1.165) is 24.3 Å². The third-order valence-corrected chi connectivity index (χ3v) is 3.43. The van der Waals surface area contributed by atoms with Crippen molar-refractivity contribution in [2.45, 2.75) is 19.0 Å². The lowest BCUT2D eigenvalue weighted by atomic mass is 10.2. The molecule has 1 aromatic rings. The highest BCUT2D eigenvalue weighted by Gasteiger charge is 2.21. The smallest absolute Gasteiger partial charge is 0.238 e. The monoisotopic (exact) mass is 263 g/mol. The summed E-state index contributed by atoms with van der Waals surface area (Å²) < 4.78 is 5.32. The molecule has 1 amide bonds. The van der Waals surface area contributed by atoms with Crippen LogP contribution in [0.25, 0.3) is 0 Å². The summed E-state index contributed by atoms with van der Waals surface area (Å²) in [5, 5.41) is 2.91. The maximum Gasteiger partial charge on any atom is 0.238 e. The van der Waals surface area contributed by atoms with Gasteiger partial charge in [0.15, 0.2) is 0 Å². The standard InChI is InChI=1S/C14H21N3O2/c1-17(12-6-7-19-10-12)9-14(18)16-13-5-3-2-4-11(13)8-15/h2-5,12H,6-10,15H2,1H3,(H,16,18). The Morgan fingerprint density at radius 1 is 1.53 bits per heavy atom. The molecule has 1 atom stereocenters. The van der Waals surface area contributed by atoms with Gasteiger partial charge >= 0.3 is 0 Å². The summed E-state index contributed by atoms with van der Waals surface area (Å²) in [6.45, 7) is 2.28. The number of amides is 1. The van der Waals surface area contributed by atoms with E-state index in [2.05, 4.69) is 5.32 Å². The normalized spacial score (nSPS) is 18.8. The Kier molecular flexibility index (Phi) is 4.90. The molecule has 0 radical (unpaired) electrons. The highest BCUT2D eigenvalue weighted by Crippen LogP contribution is 2.15. The van der Waals surface area contributed by atoms with E-state index in [-0.39, 0.29) is 5.91 Å². The lowest BCUT2D eigenvalue weighted by Crippen LogP contribution is -2.38. The number of benzene rings is 1. The number of hydrogen-bond acceptors (Lipinski definition) is 4. The highest BCUT2D eigenvalue weighted by molar-refractivity contribution is 5.93. The maximum atomic E-state index is 12.0. The van der Waals surface area contributed by atoms with Crippen LogP contribution in [-0.4, -0.2) is 43.7 Å². The Balaban J connectivity index is 1.89. The van der Waals surface area contributed by atoms with E-state index in [1.165, 1.54) is 0 Å². The predicted octanol–water partition coefficient (Wildman–Crippen LogP) is 0.804. The van der Waals surface area contributed by atoms with Crippen molar-refractivity contribution in [3.8, 4) is 0 Å². The number of hydrogen-bond donors (Lipinski definition) is 2. The molecule has 104 valence electrons. The average molecular weight is 263 g/mol. The summed E-state index contributed by atoms with van der Waals surface area (Å²) in [7, 11) is 1.95. The van der Waals surface area contributed by atoms with Gasteiger partial charge in [-0.3, -0.25) is 9.69 Å². The molecular formula is C14H21N3O2.